The second-order valence-corrected chi connectivity index (χ2v) is 8.60. The van der Waals surface area contributed by atoms with Gasteiger partial charge in [-0.3, -0.25) is 4.79 Å². The minimum Gasteiger partial charge on any atom is -0.337 e. The van der Waals surface area contributed by atoms with Crippen LogP contribution in [0.2, 0.25) is 0 Å². The van der Waals surface area contributed by atoms with Gasteiger partial charge in [0.25, 0.3) is 10.0 Å². The van der Waals surface area contributed by atoms with Gasteiger partial charge in [0.2, 0.25) is 11.8 Å². The zero-order valence-corrected chi connectivity index (χ0v) is 17.6. The van der Waals surface area contributed by atoms with Crippen LogP contribution in [0.5, 0.6) is 0 Å². The molecule has 1 aromatic heterocycles. The van der Waals surface area contributed by atoms with Crippen LogP contribution in [0, 0.1) is 13.8 Å². The van der Waals surface area contributed by atoms with E-state index in [0.29, 0.717) is 23.4 Å². The van der Waals surface area contributed by atoms with Crippen molar-refractivity contribution in [2.24, 2.45) is 0 Å². The maximum absolute atomic E-state index is 12.5. The standard InChI is InChI=1S/C20H29N3O4S/c1-4-5-6-7-8-9-10-19(24)21-17-11-13-18(14-12-17)28(25,26)23-20-15(2)16(3)22-27-20/h11-14,23H,4-10H2,1-3H3,(H,21,24). The molecular formula is C20H29N3O4S. The van der Waals surface area contributed by atoms with Crippen LogP contribution in [-0.2, 0) is 14.8 Å². The average Bonchev–Trinajstić information content (AvgIpc) is 2.96. The highest BCUT2D eigenvalue weighted by molar-refractivity contribution is 7.92. The number of nitrogens with zero attached hydrogens (tertiary/aromatic N) is 1. The highest BCUT2D eigenvalue weighted by Crippen LogP contribution is 2.22. The van der Waals surface area contributed by atoms with Crippen LogP contribution >= 0.6 is 0 Å². The molecule has 8 heteroatoms. The number of hydrogen-bond acceptors (Lipinski definition) is 5. The number of aromatic nitrogens is 1. The van der Waals surface area contributed by atoms with E-state index in [0.717, 1.165) is 19.3 Å². The summed E-state index contributed by atoms with van der Waals surface area (Å²) in [5.74, 6) is 0.0470. The Bertz CT molecular complexity index is 873. The molecule has 0 fully saturated rings. The number of unbranched alkanes of at least 4 members (excludes halogenated alkanes) is 5. The van der Waals surface area contributed by atoms with Crippen molar-refractivity contribution in [3.63, 3.8) is 0 Å². The van der Waals surface area contributed by atoms with Crippen LogP contribution in [0.4, 0.5) is 11.6 Å². The fraction of sp³-hybridized carbons (Fsp3) is 0.500. The minimum absolute atomic E-state index is 0.0583. The lowest BCUT2D eigenvalue weighted by molar-refractivity contribution is -0.116. The van der Waals surface area contributed by atoms with Crippen LogP contribution in [0.3, 0.4) is 0 Å². The van der Waals surface area contributed by atoms with E-state index in [4.69, 9.17) is 4.52 Å². The van der Waals surface area contributed by atoms with Crippen molar-refractivity contribution < 1.29 is 17.7 Å². The summed E-state index contributed by atoms with van der Waals surface area (Å²) in [5.41, 5.74) is 1.84. The molecule has 1 amide bonds. The van der Waals surface area contributed by atoms with Gasteiger partial charge >= 0.3 is 0 Å². The Balaban J connectivity index is 1.86. The summed E-state index contributed by atoms with van der Waals surface area (Å²) < 4.78 is 32.3. The summed E-state index contributed by atoms with van der Waals surface area (Å²) in [6.45, 7) is 5.64. The molecule has 0 saturated heterocycles. The second kappa shape index (κ2) is 10.3. The molecular weight excluding hydrogens is 378 g/mol. The number of hydrogen-bond donors (Lipinski definition) is 2. The first-order valence-electron chi connectivity index (χ1n) is 9.69. The molecule has 0 aliphatic heterocycles. The Hall–Kier alpha value is -2.35. The number of amides is 1. The normalized spacial score (nSPS) is 11.4. The zero-order chi connectivity index (χ0) is 20.6. The molecule has 0 unspecified atom stereocenters. The van der Waals surface area contributed by atoms with Gasteiger partial charge in [0, 0.05) is 17.7 Å². The van der Waals surface area contributed by atoms with Crippen molar-refractivity contribution in [1.29, 1.82) is 0 Å². The third kappa shape index (κ3) is 6.37. The number of sulfonamides is 1. The van der Waals surface area contributed by atoms with E-state index in [2.05, 4.69) is 22.1 Å². The van der Waals surface area contributed by atoms with Gasteiger partial charge in [-0.25, -0.2) is 13.1 Å². The molecule has 7 nitrogen and oxygen atoms in total. The summed E-state index contributed by atoms with van der Waals surface area (Å²) in [6, 6.07) is 6.04. The second-order valence-electron chi connectivity index (χ2n) is 6.92. The molecule has 0 atom stereocenters. The van der Waals surface area contributed by atoms with Crippen LogP contribution in [-0.4, -0.2) is 19.5 Å². The maximum Gasteiger partial charge on any atom is 0.264 e. The molecule has 28 heavy (non-hydrogen) atoms. The van der Waals surface area contributed by atoms with Crippen molar-refractivity contribution in [3.8, 4) is 0 Å². The van der Waals surface area contributed by atoms with Gasteiger partial charge < -0.3 is 9.84 Å². The Labute approximate surface area is 166 Å². The van der Waals surface area contributed by atoms with Crippen LogP contribution in [0.15, 0.2) is 33.7 Å². The Kier molecular flexibility index (Phi) is 8.04. The molecule has 154 valence electrons. The number of anilines is 2. The van der Waals surface area contributed by atoms with Crippen LogP contribution < -0.4 is 10.0 Å². The molecule has 0 bridgehead atoms. The predicted octanol–water partition coefficient (Wildman–Crippen LogP) is 4.78. The molecule has 2 aromatic rings. The van der Waals surface area contributed by atoms with Gasteiger partial charge in [-0.2, -0.15) is 0 Å². The topological polar surface area (TPSA) is 101 Å². The smallest absolute Gasteiger partial charge is 0.264 e. The van der Waals surface area contributed by atoms with E-state index in [1.165, 1.54) is 31.4 Å². The van der Waals surface area contributed by atoms with Crippen molar-refractivity contribution in [2.45, 2.75) is 70.6 Å². The molecule has 0 aliphatic rings. The molecule has 0 radical (unpaired) electrons. The lowest BCUT2D eigenvalue weighted by atomic mass is 10.1. The first-order valence-corrected chi connectivity index (χ1v) is 11.2. The van der Waals surface area contributed by atoms with Crippen molar-refractivity contribution >= 4 is 27.5 Å². The zero-order valence-electron chi connectivity index (χ0n) is 16.7. The summed E-state index contributed by atoms with van der Waals surface area (Å²) >= 11 is 0. The van der Waals surface area contributed by atoms with Gasteiger partial charge in [-0.15, -0.1) is 0 Å². The Morgan fingerprint density at radius 1 is 1.04 bits per heavy atom. The maximum atomic E-state index is 12.5. The molecule has 2 N–H and O–H groups in total. The number of nitrogens with one attached hydrogen (secondary N) is 2. The third-order valence-electron chi connectivity index (χ3n) is 4.59. The highest BCUT2D eigenvalue weighted by atomic mass is 32.2. The highest BCUT2D eigenvalue weighted by Gasteiger charge is 2.19. The summed E-state index contributed by atoms with van der Waals surface area (Å²) in [7, 11) is -3.79. The number of rotatable bonds is 11. The number of carbonyl (C=O) groups excluding carboxylic acids is 1. The van der Waals surface area contributed by atoms with Crippen LogP contribution in [0.25, 0.3) is 0 Å². The Morgan fingerprint density at radius 2 is 1.68 bits per heavy atom. The molecule has 1 aromatic carbocycles. The molecule has 0 spiro atoms. The van der Waals surface area contributed by atoms with E-state index in [1.54, 1.807) is 26.0 Å². The van der Waals surface area contributed by atoms with Gasteiger partial charge in [-0.05, 0) is 44.5 Å². The molecule has 2 rings (SSSR count). The molecule has 0 aliphatic carbocycles. The summed E-state index contributed by atoms with van der Waals surface area (Å²) in [6.07, 6.45) is 7.21. The van der Waals surface area contributed by atoms with Gasteiger partial charge in [0.05, 0.1) is 10.6 Å². The first kappa shape index (κ1) is 21.9. The van der Waals surface area contributed by atoms with Gasteiger partial charge in [0.1, 0.15) is 0 Å². The fourth-order valence-corrected chi connectivity index (χ4v) is 3.74. The molecule has 1 heterocycles. The average molecular weight is 408 g/mol. The Morgan fingerprint density at radius 3 is 2.29 bits per heavy atom. The van der Waals surface area contributed by atoms with E-state index in [-0.39, 0.29) is 16.7 Å². The lowest BCUT2D eigenvalue weighted by Crippen LogP contribution is -2.14. The van der Waals surface area contributed by atoms with Crippen molar-refractivity contribution in [1.82, 2.24) is 5.16 Å². The first-order chi connectivity index (χ1) is 13.3. The quantitative estimate of drug-likeness (QED) is 0.522. The number of aryl methyl sites for hydroxylation is 1. The summed E-state index contributed by atoms with van der Waals surface area (Å²) in [4.78, 5) is 12.1. The SMILES string of the molecule is CCCCCCCCC(=O)Nc1ccc(S(=O)(=O)Nc2onc(C)c2C)cc1. The monoisotopic (exact) mass is 407 g/mol. The fourth-order valence-electron chi connectivity index (χ4n) is 2.70. The molecule has 0 saturated carbocycles. The lowest BCUT2D eigenvalue weighted by Gasteiger charge is -2.08. The van der Waals surface area contributed by atoms with E-state index >= 15 is 0 Å². The minimum atomic E-state index is -3.79. The van der Waals surface area contributed by atoms with E-state index in [1.807, 2.05) is 0 Å². The van der Waals surface area contributed by atoms with E-state index in [9.17, 15) is 13.2 Å². The number of carbonyl (C=O) groups is 1. The number of benzene rings is 1. The third-order valence-corrected chi connectivity index (χ3v) is 5.94. The van der Waals surface area contributed by atoms with Gasteiger partial charge in [0.15, 0.2) is 0 Å². The van der Waals surface area contributed by atoms with Crippen LogP contribution in [0.1, 0.15) is 63.1 Å². The summed E-state index contributed by atoms with van der Waals surface area (Å²) in [5, 5.41) is 6.54. The van der Waals surface area contributed by atoms with Crippen molar-refractivity contribution in [2.75, 3.05) is 10.0 Å². The van der Waals surface area contributed by atoms with E-state index < -0.39 is 10.0 Å². The van der Waals surface area contributed by atoms with Crippen molar-refractivity contribution in [3.05, 3.63) is 35.5 Å². The largest absolute Gasteiger partial charge is 0.337 e. The predicted molar refractivity (Wildman–Crippen MR) is 110 cm³/mol. The van der Waals surface area contributed by atoms with Gasteiger partial charge in [-0.1, -0.05) is 44.2 Å².